The normalized spacial score (nSPS) is 17.6. The first-order valence-corrected chi connectivity index (χ1v) is 13.3. The molecule has 1 amide bonds. The Kier molecular flexibility index (Phi) is 7.31. The molecule has 38 heavy (non-hydrogen) atoms. The molecule has 4 aromatic rings. The number of hydrogen-bond acceptors (Lipinski definition) is 7. The van der Waals surface area contributed by atoms with Crippen molar-refractivity contribution in [1.29, 1.82) is 0 Å². The van der Waals surface area contributed by atoms with Gasteiger partial charge in [-0.2, -0.15) is 4.98 Å². The predicted molar refractivity (Wildman–Crippen MR) is 145 cm³/mol. The van der Waals surface area contributed by atoms with Crippen molar-refractivity contribution in [2.75, 3.05) is 11.5 Å². The molecule has 1 aliphatic carbocycles. The second-order valence-corrected chi connectivity index (χ2v) is 10.2. The number of ether oxygens (including phenoxy) is 1. The quantitative estimate of drug-likeness (QED) is 0.247. The number of benzene rings is 1. The number of oxazole rings is 1. The predicted octanol–water partition coefficient (Wildman–Crippen LogP) is 6.89. The third-order valence-electron chi connectivity index (χ3n) is 7.13. The summed E-state index contributed by atoms with van der Waals surface area (Å²) in [6, 6.07) is 12.6. The van der Waals surface area contributed by atoms with Crippen molar-refractivity contribution in [3.8, 4) is 22.8 Å². The molecule has 8 heteroatoms. The lowest BCUT2D eigenvalue weighted by Gasteiger charge is -2.32. The molecule has 0 saturated heterocycles. The van der Waals surface area contributed by atoms with Crippen molar-refractivity contribution in [2.45, 2.75) is 59.4 Å². The molecule has 1 aromatic carbocycles. The Morgan fingerprint density at radius 3 is 2.42 bits per heavy atom. The maximum absolute atomic E-state index is 13.7. The Labute approximate surface area is 222 Å². The summed E-state index contributed by atoms with van der Waals surface area (Å²) in [5.74, 6) is 1.22. The Morgan fingerprint density at radius 2 is 1.76 bits per heavy atom. The zero-order valence-corrected chi connectivity index (χ0v) is 22.3. The summed E-state index contributed by atoms with van der Waals surface area (Å²) in [5.41, 5.74) is 2.96. The fraction of sp³-hybridized carbons (Fsp3) is 0.400. The van der Waals surface area contributed by atoms with Crippen molar-refractivity contribution in [1.82, 2.24) is 9.97 Å². The topological polar surface area (TPSA) is 98.7 Å². The average molecular weight is 516 g/mol. The van der Waals surface area contributed by atoms with Crippen LogP contribution in [0.2, 0.25) is 0 Å². The highest BCUT2D eigenvalue weighted by atomic mass is 16.5. The lowest BCUT2D eigenvalue weighted by atomic mass is 9.82. The lowest BCUT2D eigenvalue weighted by Crippen LogP contribution is -2.42. The van der Waals surface area contributed by atoms with E-state index < -0.39 is 5.97 Å². The van der Waals surface area contributed by atoms with Crippen LogP contribution in [0, 0.1) is 11.8 Å². The largest absolute Gasteiger partial charge is 0.462 e. The fourth-order valence-electron chi connectivity index (χ4n) is 5.02. The van der Waals surface area contributed by atoms with Gasteiger partial charge in [0.05, 0.1) is 6.61 Å². The number of fused-ring (bicyclic) bond motifs is 1. The molecule has 0 spiro atoms. The third kappa shape index (κ3) is 5.08. The Balaban J connectivity index is 1.48. The van der Waals surface area contributed by atoms with Gasteiger partial charge in [0, 0.05) is 35.3 Å². The van der Waals surface area contributed by atoms with Crippen LogP contribution < -0.4 is 4.90 Å². The zero-order valence-electron chi connectivity index (χ0n) is 22.3. The molecule has 0 atom stereocenters. The molecular formula is C30H33N3O5. The highest BCUT2D eigenvalue weighted by molar-refractivity contribution is 6.03. The fourth-order valence-corrected chi connectivity index (χ4v) is 5.02. The van der Waals surface area contributed by atoms with Gasteiger partial charge in [-0.05, 0) is 76.6 Å². The van der Waals surface area contributed by atoms with Gasteiger partial charge >= 0.3 is 5.97 Å². The van der Waals surface area contributed by atoms with Gasteiger partial charge in [0.1, 0.15) is 11.3 Å². The van der Waals surface area contributed by atoms with Crippen LogP contribution in [-0.2, 0) is 9.53 Å². The first kappa shape index (κ1) is 25.7. The van der Waals surface area contributed by atoms with Crippen LogP contribution in [0.1, 0.15) is 63.7 Å². The highest BCUT2D eigenvalue weighted by Gasteiger charge is 2.35. The molecule has 1 fully saturated rings. The smallest absolute Gasteiger partial charge is 0.343 e. The number of anilines is 1. The summed E-state index contributed by atoms with van der Waals surface area (Å²) in [5, 5.41) is 0. The number of esters is 1. The van der Waals surface area contributed by atoms with Gasteiger partial charge in [0.25, 0.3) is 0 Å². The maximum Gasteiger partial charge on any atom is 0.343 e. The summed E-state index contributed by atoms with van der Waals surface area (Å²) in [4.78, 5) is 37.0. The molecule has 1 saturated carbocycles. The van der Waals surface area contributed by atoms with Gasteiger partial charge in [-0.1, -0.05) is 19.1 Å². The van der Waals surface area contributed by atoms with E-state index in [2.05, 4.69) is 16.9 Å². The van der Waals surface area contributed by atoms with Crippen molar-refractivity contribution in [3.05, 3.63) is 54.2 Å². The second-order valence-electron chi connectivity index (χ2n) is 10.2. The Morgan fingerprint density at radius 1 is 1.05 bits per heavy atom. The number of carbonyl (C=O) groups excluding carboxylic acids is 2. The van der Waals surface area contributed by atoms with E-state index in [1.165, 1.54) is 0 Å². The monoisotopic (exact) mass is 515 g/mol. The summed E-state index contributed by atoms with van der Waals surface area (Å²) in [7, 11) is 0. The Hall–Kier alpha value is -3.94. The minimum absolute atomic E-state index is 0.00161. The number of amides is 1. The summed E-state index contributed by atoms with van der Waals surface area (Å²) < 4.78 is 17.4. The lowest BCUT2D eigenvalue weighted by molar-refractivity contribution is -0.124. The number of rotatable bonds is 7. The zero-order chi connectivity index (χ0) is 26.8. The van der Waals surface area contributed by atoms with Crippen molar-refractivity contribution < 1.29 is 23.2 Å². The summed E-state index contributed by atoms with van der Waals surface area (Å²) in [6.45, 7) is 8.08. The van der Waals surface area contributed by atoms with E-state index in [-0.39, 0.29) is 35.9 Å². The molecule has 0 bridgehead atoms. The van der Waals surface area contributed by atoms with Crippen molar-refractivity contribution in [2.24, 2.45) is 11.8 Å². The molecule has 0 N–H and O–H groups in total. The Bertz CT molecular complexity index is 1390. The van der Waals surface area contributed by atoms with E-state index >= 15 is 0 Å². The molecule has 5 rings (SSSR count). The molecular weight excluding hydrogens is 482 g/mol. The number of aromatic nitrogens is 2. The molecule has 1 aliphatic rings. The van der Waals surface area contributed by atoms with E-state index in [4.69, 9.17) is 13.6 Å². The van der Waals surface area contributed by atoms with Gasteiger partial charge < -0.3 is 13.6 Å². The van der Waals surface area contributed by atoms with Crippen LogP contribution >= 0.6 is 0 Å². The average Bonchev–Trinajstić information content (AvgIpc) is 3.54. The van der Waals surface area contributed by atoms with E-state index in [0.29, 0.717) is 28.8 Å². The van der Waals surface area contributed by atoms with E-state index in [9.17, 15) is 9.59 Å². The molecule has 0 radical (unpaired) electrons. The number of pyridine rings is 1. The third-order valence-corrected chi connectivity index (χ3v) is 7.13. The molecule has 198 valence electrons. The van der Waals surface area contributed by atoms with Crippen LogP contribution in [0.15, 0.2) is 57.5 Å². The van der Waals surface area contributed by atoms with Crippen molar-refractivity contribution in [3.63, 3.8) is 0 Å². The highest BCUT2D eigenvalue weighted by Crippen LogP contribution is 2.37. The molecule has 8 nitrogen and oxygen atoms in total. The standard InChI is InChI=1S/C30H33N3O5/c1-5-36-30(35)23-17-25(38-29(23)33(18(2)3)28(34)22-10-8-19(4)9-11-22)20-12-14-21(15-13-20)27-32-26-24(37-27)7-6-16-31-26/h6-7,12-19,22H,5,8-11H2,1-4H3/t19-,22-. The van der Waals surface area contributed by atoms with Gasteiger partial charge in [-0.3, -0.25) is 9.69 Å². The van der Waals surface area contributed by atoms with Gasteiger partial charge in [-0.25, -0.2) is 9.78 Å². The molecule has 3 aromatic heterocycles. The number of hydrogen-bond donors (Lipinski definition) is 0. The maximum atomic E-state index is 13.7. The number of furan rings is 1. The molecule has 0 aliphatic heterocycles. The van der Waals surface area contributed by atoms with Crippen LogP contribution in [-0.4, -0.2) is 34.5 Å². The van der Waals surface area contributed by atoms with Gasteiger partial charge in [0.15, 0.2) is 11.2 Å². The SMILES string of the molecule is CCOC(=O)c1cc(-c2ccc(-c3nc4ncccc4o3)cc2)oc1N(C(=O)[C@H]1CC[C@H](C)CC1)C(C)C. The number of carbonyl (C=O) groups is 2. The minimum Gasteiger partial charge on any atom is -0.462 e. The van der Waals surface area contributed by atoms with E-state index in [1.54, 1.807) is 30.2 Å². The minimum atomic E-state index is -0.510. The van der Waals surface area contributed by atoms with Crippen LogP contribution in [0.3, 0.4) is 0 Å². The summed E-state index contributed by atoms with van der Waals surface area (Å²) >= 11 is 0. The van der Waals surface area contributed by atoms with E-state index in [1.807, 2.05) is 44.2 Å². The first-order chi connectivity index (χ1) is 18.4. The first-order valence-electron chi connectivity index (χ1n) is 13.3. The van der Waals surface area contributed by atoms with Crippen LogP contribution in [0.25, 0.3) is 34.0 Å². The van der Waals surface area contributed by atoms with Crippen LogP contribution in [0.4, 0.5) is 5.88 Å². The van der Waals surface area contributed by atoms with Crippen LogP contribution in [0.5, 0.6) is 0 Å². The van der Waals surface area contributed by atoms with E-state index in [0.717, 1.165) is 36.8 Å². The molecule has 3 heterocycles. The van der Waals surface area contributed by atoms with Crippen molar-refractivity contribution >= 4 is 29.0 Å². The van der Waals surface area contributed by atoms with Gasteiger partial charge in [-0.15, -0.1) is 0 Å². The number of nitrogens with zero attached hydrogens (tertiary/aromatic N) is 3. The molecule has 0 unspecified atom stereocenters. The van der Waals surface area contributed by atoms with Gasteiger partial charge in [0.2, 0.25) is 17.7 Å². The second kappa shape index (κ2) is 10.8. The summed E-state index contributed by atoms with van der Waals surface area (Å²) in [6.07, 6.45) is 5.42.